The molecular formula is C36H40N2. The van der Waals surface area contributed by atoms with E-state index in [1.165, 1.54) is 101 Å². The minimum Gasteiger partial charge on any atom is -0.338 e. The highest BCUT2D eigenvalue weighted by Crippen LogP contribution is 2.36. The number of benzene rings is 4. The summed E-state index contributed by atoms with van der Waals surface area (Å²) in [5, 5.41) is 5.45. The molecule has 4 aromatic carbocycles. The third kappa shape index (κ3) is 4.73. The first kappa shape index (κ1) is 24.8. The number of aromatic nitrogens is 2. The topological polar surface area (TPSA) is 9.86 Å². The highest BCUT2D eigenvalue weighted by Gasteiger charge is 2.21. The second-order valence-corrected chi connectivity index (χ2v) is 11.0. The van der Waals surface area contributed by atoms with Crippen molar-refractivity contribution in [1.82, 2.24) is 9.13 Å². The minimum atomic E-state index is 0.388. The Morgan fingerprint density at radius 2 is 0.868 bits per heavy atom. The number of fused-ring (bicyclic) bond motifs is 6. The second-order valence-electron chi connectivity index (χ2n) is 11.0. The van der Waals surface area contributed by atoms with Crippen LogP contribution in [-0.2, 0) is 6.54 Å². The monoisotopic (exact) mass is 500 g/mol. The molecule has 2 nitrogen and oxygen atoms in total. The van der Waals surface area contributed by atoms with Gasteiger partial charge in [0, 0.05) is 50.2 Å². The molecule has 0 amide bonds. The molecule has 194 valence electrons. The van der Waals surface area contributed by atoms with Crippen LogP contribution in [0, 0.1) is 0 Å². The van der Waals surface area contributed by atoms with Gasteiger partial charge in [0.2, 0.25) is 0 Å². The molecule has 6 rings (SSSR count). The highest BCUT2D eigenvalue weighted by molar-refractivity contribution is 6.09. The van der Waals surface area contributed by atoms with Crippen LogP contribution in [0.4, 0.5) is 0 Å². The lowest BCUT2D eigenvalue weighted by Gasteiger charge is -2.23. The zero-order valence-corrected chi connectivity index (χ0v) is 22.8. The average Bonchev–Trinajstić information content (AvgIpc) is 3.47. The molecule has 0 saturated carbocycles. The summed E-state index contributed by atoms with van der Waals surface area (Å²) in [6.07, 6.45) is 12.0. The van der Waals surface area contributed by atoms with Crippen LogP contribution in [0.1, 0.15) is 70.8 Å². The molecule has 0 aliphatic heterocycles. The predicted octanol–water partition coefficient (Wildman–Crippen LogP) is 10.7. The Morgan fingerprint density at radius 1 is 0.474 bits per heavy atom. The maximum absolute atomic E-state index is 2.66. The second kappa shape index (κ2) is 11.5. The molecule has 0 bridgehead atoms. The summed E-state index contributed by atoms with van der Waals surface area (Å²) in [4.78, 5) is 0. The van der Waals surface area contributed by atoms with E-state index in [0.29, 0.717) is 6.04 Å². The van der Waals surface area contributed by atoms with Crippen LogP contribution in [0.5, 0.6) is 0 Å². The Kier molecular flexibility index (Phi) is 7.49. The van der Waals surface area contributed by atoms with Gasteiger partial charge in [0.25, 0.3) is 0 Å². The molecule has 0 fully saturated rings. The van der Waals surface area contributed by atoms with Crippen LogP contribution in [0.3, 0.4) is 0 Å². The maximum atomic E-state index is 2.66. The Hall–Kier alpha value is -3.52. The normalized spacial score (nSPS) is 12.8. The molecule has 0 aliphatic rings. The van der Waals surface area contributed by atoms with Crippen molar-refractivity contribution in [2.24, 2.45) is 0 Å². The zero-order chi connectivity index (χ0) is 25.7. The van der Waals surface area contributed by atoms with Crippen molar-refractivity contribution in [3.63, 3.8) is 0 Å². The van der Waals surface area contributed by atoms with Crippen molar-refractivity contribution in [2.45, 2.75) is 77.3 Å². The van der Waals surface area contributed by atoms with Gasteiger partial charge in [-0.2, -0.15) is 0 Å². The van der Waals surface area contributed by atoms with E-state index in [9.17, 15) is 0 Å². The SMILES string of the molecule is CCCCCCCCCCC(Cn1c2ccccc2c2ccccc21)n1c2ccccc2c2ccccc21. The van der Waals surface area contributed by atoms with Gasteiger partial charge in [0.1, 0.15) is 0 Å². The zero-order valence-electron chi connectivity index (χ0n) is 22.8. The van der Waals surface area contributed by atoms with E-state index in [1.54, 1.807) is 0 Å². The largest absolute Gasteiger partial charge is 0.338 e. The van der Waals surface area contributed by atoms with Crippen molar-refractivity contribution in [2.75, 3.05) is 0 Å². The first-order chi connectivity index (χ1) is 18.9. The highest BCUT2D eigenvalue weighted by atomic mass is 15.1. The van der Waals surface area contributed by atoms with Crippen molar-refractivity contribution < 1.29 is 0 Å². The lowest BCUT2D eigenvalue weighted by atomic mass is 10.0. The van der Waals surface area contributed by atoms with Gasteiger partial charge in [0.15, 0.2) is 0 Å². The van der Waals surface area contributed by atoms with Crippen molar-refractivity contribution >= 4 is 43.6 Å². The lowest BCUT2D eigenvalue weighted by molar-refractivity contribution is 0.411. The van der Waals surface area contributed by atoms with Gasteiger partial charge in [-0.15, -0.1) is 0 Å². The summed E-state index contributed by atoms with van der Waals surface area (Å²) >= 11 is 0. The number of unbranched alkanes of at least 4 members (excludes halogenated alkanes) is 7. The molecule has 6 aromatic rings. The van der Waals surface area contributed by atoms with Crippen molar-refractivity contribution in [3.05, 3.63) is 97.1 Å². The molecule has 2 heteroatoms. The Bertz CT molecular complexity index is 1540. The standard InChI is InChI=1S/C36H40N2/c1-2-3-4-5-6-7-8-9-18-28(38-35-25-16-12-21-31(35)32-22-13-17-26-36(32)38)27-37-33-23-14-10-19-29(33)30-20-11-15-24-34(30)37/h10-17,19-26,28H,2-9,18,27H2,1H3. The molecular weight excluding hydrogens is 460 g/mol. The van der Waals surface area contributed by atoms with Crippen LogP contribution in [0.2, 0.25) is 0 Å². The Balaban J connectivity index is 1.38. The number of hydrogen-bond acceptors (Lipinski definition) is 0. The summed E-state index contributed by atoms with van der Waals surface area (Å²) < 4.78 is 5.25. The molecule has 0 spiro atoms. The fourth-order valence-corrected chi connectivity index (χ4v) is 6.57. The van der Waals surface area contributed by atoms with Crippen molar-refractivity contribution in [3.8, 4) is 0 Å². The van der Waals surface area contributed by atoms with Crippen LogP contribution in [0.25, 0.3) is 43.6 Å². The van der Waals surface area contributed by atoms with Gasteiger partial charge in [-0.3, -0.25) is 0 Å². The molecule has 0 aliphatic carbocycles. The van der Waals surface area contributed by atoms with Crippen LogP contribution in [-0.4, -0.2) is 9.13 Å². The predicted molar refractivity (Wildman–Crippen MR) is 165 cm³/mol. The first-order valence-electron chi connectivity index (χ1n) is 14.8. The molecule has 1 atom stereocenters. The van der Waals surface area contributed by atoms with Gasteiger partial charge in [0.05, 0.1) is 6.04 Å². The molecule has 0 radical (unpaired) electrons. The summed E-state index contributed by atoms with van der Waals surface area (Å²) in [6.45, 7) is 3.28. The van der Waals surface area contributed by atoms with Crippen LogP contribution >= 0.6 is 0 Å². The van der Waals surface area contributed by atoms with Gasteiger partial charge in [-0.05, 0) is 30.7 Å². The van der Waals surface area contributed by atoms with E-state index < -0.39 is 0 Å². The summed E-state index contributed by atoms with van der Waals surface area (Å²) in [5.41, 5.74) is 5.41. The number of rotatable bonds is 12. The van der Waals surface area contributed by atoms with Gasteiger partial charge < -0.3 is 9.13 Å². The van der Waals surface area contributed by atoms with Crippen LogP contribution < -0.4 is 0 Å². The summed E-state index contributed by atoms with van der Waals surface area (Å²) in [5.74, 6) is 0. The molecule has 0 N–H and O–H groups in total. The third-order valence-corrected chi connectivity index (χ3v) is 8.45. The van der Waals surface area contributed by atoms with Crippen molar-refractivity contribution in [1.29, 1.82) is 0 Å². The number of para-hydroxylation sites is 4. The van der Waals surface area contributed by atoms with E-state index in [0.717, 1.165) is 6.54 Å². The average molecular weight is 501 g/mol. The van der Waals surface area contributed by atoms with Gasteiger partial charge >= 0.3 is 0 Å². The van der Waals surface area contributed by atoms with Gasteiger partial charge in [-0.1, -0.05) is 131 Å². The lowest BCUT2D eigenvalue weighted by Crippen LogP contribution is -2.16. The maximum Gasteiger partial charge on any atom is 0.0522 e. The number of hydrogen-bond donors (Lipinski definition) is 0. The summed E-state index contributed by atoms with van der Waals surface area (Å²) in [7, 11) is 0. The molecule has 0 saturated heterocycles. The third-order valence-electron chi connectivity index (χ3n) is 8.45. The van der Waals surface area contributed by atoms with E-state index in [2.05, 4.69) is 113 Å². The Labute approximate surface area is 226 Å². The van der Waals surface area contributed by atoms with E-state index >= 15 is 0 Å². The molecule has 2 aromatic heterocycles. The summed E-state index contributed by atoms with van der Waals surface area (Å²) in [6, 6.07) is 36.3. The van der Waals surface area contributed by atoms with E-state index in [4.69, 9.17) is 0 Å². The van der Waals surface area contributed by atoms with E-state index in [1.807, 2.05) is 0 Å². The molecule has 2 heterocycles. The number of nitrogens with zero attached hydrogens (tertiary/aromatic N) is 2. The molecule has 38 heavy (non-hydrogen) atoms. The fourth-order valence-electron chi connectivity index (χ4n) is 6.57. The van der Waals surface area contributed by atoms with E-state index in [-0.39, 0.29) is 0 Å². The van der Waals surface area contributed by atoms with Crippen LogP contribution in [0.15, 0.2) is 97.1 Å². The Morgan fingerprint density at radius 3 is 1.37 bits per heavy atom. The fraction of sp³-hybridized carbons (Fsp3) is 0.333. The smallest absolute Gasteiger partial charge is 0.0522 e. The minimum absolute atomic E-state index is 0.388. The quantitative estimate of drug-likeness (QED) is 0.148. The van der Waals surface area contributed by atoms with Gasteiger partial charge in [-0.25, -0.2) is 0 Å². The first-order valence-corrected chi connectivity index (χ1v) is 14.8. The molecule has 1 unspecified atom stereocenters.